The number of hydrogen-bond donors (Lipinski definition) is 2. The average molecular weight is 257 g/mol. The minimum atomic E-state index is 0.0234. The van der Waals surface area contributed by atoms with Gasteiger partial charge in [0.2, 0.25) is 0 Å². The summed E-state index contributed by atoms with van der Waals surface area (Å²) >= 11 is 0. The summed E-state index contributed by atoms with van der Waals surface area (Å²) in [5, 5.41) is 3.17. The number of amides is 1. The van der Waals surface area contributed by atoms with Gasteiger partial charge in [-0.15, -0.1) is 0 Å². The zero-order chi connectivity index (χ0) is 13.2. The second kappa shape index (κ2) is 5.03. The van der Waals surface area contributed by atoms with E-state index in [1.807, 2.05) is 18.2 Å². The van der Waals surface area contributed by atoms with Gasteiger partial charge in [0, 0.05) is 11.6 Å². The lowest BCUT2D eigenvalue weighted by Crippen LogP contribution is -2.41. The maximum atomic E-state index is 12.3. The van der Waals surface area contributed by atoms with Crippen LogP contribution in [0.15, 0.2) is 24.5 Å². The highest BCUT2D eigenvalue weighted by molar-refractivity contribution is 5.97. The first-order valence-electron chi connectivity index (χ1n) is 6.98. The molecule has 0 radical (unpaired) electrons. The molecule has 0 saturated heterocycles. The Balaban J connectivity index is 1.75. The highest BCUT2D eigenvalue weighted by atomic mass is 16.1. The predicted octanol–water partition coefficient (Wildman–Crippen LogP) is 2.87. The van der Waals surface area contributed by atoms with Crippen molar-refractivity contribution in [1.82, 2.24) is 15.3 Å². The molecule has 1 fully saturated rings. The van der Waals surface area contributed by atoms with Crippen molar-refractivity contribution in [2.45, 2.75) is 38.6 Å². The Morgan fingerprint density at radius 3 is 3.05 bits per heavy atom. The van der Waals surface area contributed by atoms with Gasteiger partial charge < -0.3 is 10.3 Å². The normalized spacial score (nSPS) is 23.4. The van der Waals surface area contributed by atoms with E-state index in [0.717, 1.165) is 17.5 Å². The maximum Gasteiger partial charge on any atom is 0.251 e. The van der Waals surface area contributed by atoms with Gasteiger partial charge in [0.25, 0.3) is 5.91 Å². The van der Waals surface area contributed by atoms with Crippen LogP contribution in [0, 0.1) is 5.92 Å². The number of carbonyl (C=O) groups excluding carboxylic acids is 1. The van der Waals surface area contributed by atoms with Gasteiger partial charge in [0.1, 0.15) is 0 Å². The van der Waals surface area contributed by atoms with E-state index in [4.69, 9.17) is 0 Å². The summed E-state index contributed by atoms with van der Waals surface area (Å²) in [6.45, 7) is 2.22. The van der Waals surface area contributed by atoms with Crippen LogP contribution in [-0.4, -0.2) is 21.9 Å². The number of H-pyrrole nitrogens is 1. The van der Waals surface area contributed by atoms with Gasteiger partial charge in [0.15, 0.2) is 0 Å². The second-order valence-corrected chi connectivity index (χ2v) is 5.48. The molecule has 1 heterocycles. The van der Waals surface area contributed by atoms with E-state index in [1.165, 1.54) is 19.3 Å². The molecule has 2 aromatic rings. The molecule has 1 aliphatic carbocycles. The van der Waals surface area contributed by atoms with Crippen LogP contribution in [0.1, 0.15) is 43.0 Å². The molecule has 2 N–H and O–H groups in total. The molecule has 3 rings (SSSR count). The molecule has 2 atom stereocenters. The number of aromatic nitrogens is 2. The van der Waals surface area contributed by atoms with Gasteiger partial charge in [-0.2, -0.15) is 0 Å². The molecule has 0 spiro atoms. The molecule has 4 heteroatoms. The van der Waals surface area contributed by atoms with E-state index < -0.39 is 0 Å². The Kier molecular flexibility index (Phi) is 3.23. The molecule has 0 bridgehead atoms. The van der Waals surface area contributed by atoms with Crippen LogP contribution in [0.5, 0.6) is 0 Å². The Hall–Kier alpha value is -1.84. The summed E-state index contributed by atoms with van der Waals surface area (Å²) in [7, 11) is 0. The van der Waals surface area contributed by atoms with Crippen molar-refractivity contribution in [2.24, 2.45) is 5.92 Å². The first-order valence-corrected chi connectivity index (χ1v) is 6.98. The first-order chi connectivity index (χ1) is 9.24. The maximum absolute atomic E-state index is 12.3. The number of imidazole rings is 1. The molecule has 1 aliphatic rings. The molecular formula is C15H19N3O. The van der Waals surface area contributed by atoms with Gasteiger partial charge in [-0.1, -0.05) is 19.8 Å². The van der Waals surface area contributed by atoms with Gasteiger partial charge >= 0.3 is 0 Å². The number of nitrogens with one attached hydrogen (secondary N) is 2. The van der Waals surface area contributed by atoms with Crippen LogP contribution in [0.3, 0.4) is 0 Å². The molecule has 1 aromatic carbocycles. The largest absolute Gasteiger partial charge is 0.349 e. The minimum Gasteiger partial charge on any atom is -0.349 e. The van der Waals surface area contributed by atoms with E-state index in [1.54, 1.807) is 6.33 Å². The summed E-state index contributed by atoms with van der Waals surface area (Å²) < 4.78 is 0. The van der Waals surface area contributed by atoms with Crippen LogP contribution in [0.4, 0.5) is 0 Å². The quantitative estimate of drug-likeness (QED) is 0.869. The van der Waals surface area contributed by atoms with Gasteiger partial charge in [0.05, 0.1) is 17.4 Å². The molecule has 0 aliphatic heterocycles. The summed E-state index contributed by atoms with van der Waals surface area (Å²) in [5.41, 5.74) is 2.50. The van der Waals surface area contributed by atoms with Crippen molar-refractivity contribution >= 4 is 16.9 Å². The molecule has 4 nitrogen and oxygen atoms in total. The smallest absolute Gasteiger partial charge is 0.251 e. The standard InChI is InChI=1S/C15H19N3O/c1-10-4-2-3-5-12(10)18-15(19)11-6-7-13-14(8-11)17-9-16-13/h6-10,12H,2-5H2,1H3,(H,16,17)(H,18,19)/t10-,12+/m1/s1. The van der Waals surface area contributed by atoms with Crippen LogP contribution >= 0.6 is 0 Å². The van der Waals surface area contributed by atoms with E-state index in [0.29, 0.717) is 17.5 Å². The first kappa shape index (κ1) is 12.2. The van der Waals surface area contributed by atoms with E-state index >= 15 is 0 Å². The molecule has 0 unspecified atom stereocenters. The zero-order valence-corrected chi connectivity index (χ0v) is 11.1. The molecule has 1 saturated carbocycles. The molecular weight excluding hydrogens is 238 g/mol. The molecule has 1 aromatic heterocycles. The Labute approximate surface area is 112 Å². The lowest BCUT2D eigenvalue weighted by Gasteiger charge is -2.29. The summed E-state index contributed by atoms with van der Waals surface area (Å²) in [6.07, 6.45) is 6.46. The van der Waals surface area contributed by atoms with Crippen LogP contribution in [-0.2, 0) is 0 Å². The van der Waals surface area contributed by atoms with Gasteiger partial charge in [-0.3, -0.25) is 4.79 Å². The number of hydrogen-bond acceptors (Lipinski definition) is 2. The topological polar surface area (TPSA) is 57.8 Å². The van der Waals surface area contributed by atoms with E-state index in [2.05, 4.69) is 22.2 Å². The zero-order valence-electron chi connectivity index (χ0n) is 11.1. The molecule has 19 heavy (non-hydrogen) atoms. The fraction of sp³-hybridized carbons (Fsp3) is 0.467. The van der Waals surface area contributed by atoms with Crippen molar-refractivity contribution in [3.8, 4) is 0 Å². The Bertz CT molecular complexity index is 590. The summed E-state index contributed by atoms with van der Waals surface area (Å²) in [5.74, 6) is 0.601. The van der Waals surface area contributed by atoms with Gasteiger partial charge in [-0.05, 0) is 37.0 Å². The molecule has 1 amide bonds. The average Bonchev–Trinajstić information content (AvgIpc) is 2.88. The van der Waals surface area contributed by atoms with E-state index in [-0.39, 0.29) is 5.91 Å². The van der Waals surface area contributed by atoms with Crippen molar-refractivity contribution in [1.29, 1.82) is 0 Å². The third-order valence-corrected chi connectivity index (χ3v) is 4.11. The van der Waals surface area contributed by atoms with Gasteiger partial charge in [-0.25, -0.2) is 4.98 Å². The van der Waals surface area contributed by atoms with Crippen LogP contribution in [0.25, 0.3) is 11.0 Å². The number of fused-ring (bicyclic) bond motifs is 1. The van der Waals surface area contributed by atoms with Crippen molar-refractivity contribution in [3.05, 3.63) is 30.1 Å². The fourth-order valence-corrected chi connectivity index (χ4v) is 2.86. The Morgan fingerprint density at radius 1 is 1.37 bits per heavy atom. The second-order valence-electron chi connectivity index (χ2n) is 5.48. The third kappa shape index (κ3) is 2.48. The number of carbonyl (C=O) groups is 1. The SMILES string of the molecule is C[C@@H]1CCCC[C@@H]1NC(=O)c1ccc2nc[nH]c2c1. The van der Waals surface area contributed by atoms with Crippen LogP contribution < -0.4 is 5.32 Å². The van der Waals surface area contributed by atoms with Crippen LogP contribution in [0.2, 0.25) is 0 Å². The highest BCUT2D eigenvalue weighted by Crippen LogP contribution is 2.24. The monoisotopic (exact) mass is 257 g/mol. The number of aromatic amines is 1. The predicted molar refractivity (Wildman–Crippen MR) is 75.0 cm³/mol. The van der Waals surface area contributed by atoms with E-state index in [9.17, 15) is 4.79 Å². The fourth-order valence-electron chi connectivity index (χ4n) is 2.86. The number of benzene rings is 1. The number of nitrogens with zero attached hydrogens (tertiary/aromatic N) is 1. The van der Waals surface area contributed by atoms with Crippen molar-refractivity contribution < 1.29 is 4.79 Å². The minimum absolute atomic E-state index is 0.0234. The lowest BCUT2D eigenvalue weighted by atomic mass is 9.86. The third-order valence-electron chi connectivity index (χ3n) is 4.11. The van der Waals surface area contributed by atoms with Crippen molar-refractivity contribution in [2.75, 3.05) is 0 Å². The summed E-state index contributed by atoms with van der Waals surface area (Å²) in [6, 6.07) is 5.90. The number of rotatable bonds is 2. The lowest BCUT2D eigenvalue weighted by molar-refractivity contribution is 0.0910. The Morgan fingerprint density at radius 2 is 2.21 bits per heavy atom. The van der Waals surface area contributed by atoms with Crippen molar-refractivity contribution in [3.63, 3.8) is 0 Å². The summed E-state index contributed by atoms with van der Waals surface area (Å²) in [4.78, 5) is 19.5. The molecule has 100 valence electrons. The highest BCUT2D eigenvalue weighted by Gasteiger charge is 2.23.